The zero-order chi connectivity index (χ0) is 13.9. The van der Waals surface area contributed by atoms with Gasteiger partial charge in [-0.25, -0.2) is 8.42 Å². The fraction of sp³-hybridized carbons (Fsp3) is 0.500. The van der Waals surface area contributed by atoms with Gasteiger partial charge in [0.2, 0.25) is 10.0 Å². The fourth-order valence-corrected chi connectivity index (χ4v) is 3.30. The van der Waals surface area contributed by atoms with Gasteiger partial charge in [-0.2, -0.15) is 4.31 Å². The molecule has 6 nitrogen and oxygen atoms in total. The number of benzene rings is 1. The van der Waals surface area contributed by atoms with Gasteiger partial charge in [-0.1, -0.05) is 12.1 Å². The predicted molar refractivity (Wildman–Crippen MR) is 72.3 cm³/mol. The first-order valence-electron chi connectivity index (χ1n) is 6.12. The van der Waals surface area contributed by atoms with Crippen molar-refractivity contribution in [2.75, 3.05) is 31.2 Å². The van der Waals surface area contributed by atoms with E-state index in [4.69, 9.17) is 10.5 Å². The van der Waals surface area contributed by atoms with Crippen molar-refractivity contribution in [3.63, 3.8) is 0 Å². The Morgan fingerprint density at radius 3 is 2.79 bits per heavy atom. The lowest BCUT2D eigenvalue weighted by Crippen LogP contribution is -2.33. The van der Waals surface area contributed by atoms with E-state index < -0.39 is 16.1 Å². The molecule has 106 valence electrons. The Bertz CT molecular complexity index is 532. The van der Waals surface area contributed by atoms with Crippen molar-refractivity contribution in [3.8, 4) is 5.75 Å². The topological polar surface area (TPSA) is 92.9 Å². The minimum Gasteiger partial charge on any atom is -0.490 e. The first-order chi connectivity index (χ1) is 8.99. The lowest BCUT2D eigenvalue weighted by Gasteiger charge is -2.16. The van der Waals surface area contributed by atoms with Crippen molar-refractivity contribution in [2.24, 2.45) is 0 Å². The van der Waals surface area contributed by atoms with Gasteiger partial charge in [-0.15, -0.1) is 0 Å². The monoisotopic (exact) mass is 286 g/mol. The highest BCUT2D eigenvalue weighted by Gasteiger charge is 2.29. The highest BCUT2D eigenvalue weighted by molar-refractivity contribution is 7.89. The number of nitrogens with two attached hydrogens (primary N) is 1. The van der Waals surface area contributed by atoms with Gasteiger partial charge in [-0.3, -0.25) is 0 Å². The Morgan fingerprint density at radius 2 is 2.16 bits per heavy atom. The molecule has 1 aromatic carbocycles. The number of hydrogen-bond donors (Lipinski definition) is 2. The van der Waals surface area contributed by atoms with Crippen LogP contribution in [0.15, 0.2) is 24.3 Å². The molecule has 3 N–H and O–H groups in total. The van der Waals surface area contributed by atoms with Crippen LogP contribution in [0, 0.1) is 0 Å². The van der Waals surface area contributed by atoms with E-state index in [1.165, 1.54) is 4.31 Å². The van der Waals surface area contributed by atoms with Crippen LogP contribution in [-0.4, -0.2) is 49.4 Å². The van der Waals surface area contributed by atoms with Crippen molar-refractivity contribution in [3.05, 3.63) is 24.3 Å². The summed E-state index contributed by atoms with van der Waals surface area (Å²) in [6.45, 7) is 0.593. The molecular formula is C12H18N2O4S. The van der Waals surface area contributed by atoms with E-state index in [1.807, 2.05) is 0 Å². The standard InChI is InChI=1S/C12H18N2O4S/c13-11-3-1-2-4-12(11)18-7-8-19(16,17)14-6-5-10(15)9-14/h1-4,10,15H,5-9,13H2. The zero-order valence-corrected chi connectivity index (χ0v) is 11.3. The summed E-state index contributed by atoms with van der Waals surface area (Å²) in [5, 5.41) is 9.35. The largest absolute Gasteiger partial charge is 0.490 e. The Hall–Kier alpha value is -1.31. The summed E-state index contributed by atoms with van der Waals surface area (Å²) in [7, 11) is -3.37. The van der Waals surface area contributed by atoms with Crippen LogP contribution in [0.4, 0.5) is 5.69 Å². The number of sulfonamides is 1. The smallest absolute Gasteiger partial charge is 0.217 e. The maximum absolute atomic E-state index is 12.0. The van der Waals surface area contributed by atoms with Crippen LogP contribution < -0.4 is 10.5 Å². The van der Waals surface area contributed by atoms with Crippen molar-refractivity contribution in [1.82, 2.24) is 4.31 Å². The van der Waals surface area contributed by atoms with E-state index in [1.54, 1.807) is 24.3 Å². The summed E-state index contributed by atoms with van der Waals surface area (Å²) < 4.78 is 30.6. The van der Waals surface area contributed by atoms with Crippen LogP contribution in [-0.2, 0) is 10.0 Å². The zero-order valence-electron chi connectivity index (χ0n) is 10.5. The van der Waals surface area contributed by atoms with Gasteiger partial charge >= 0.3 is 0 Å². The first kappa shape index (κ1) is 14.1. The van der Waals surface area contributed by atoms with Crippen LogP contribution in [0.3, 0.4) is 0 Å². The summed E-state index contributed by atoms with van der Waals surface area (Å²) in [6.07, 6.45) is -0.0633. The molecule has 1 unspecified atom stereocenters. The number of β-amino-alcohol motifs (C(OH)–C–C–N with tert-alkyl or cyclic N) is 1. The molecule has 0 amide bonds. The molecule has 0 saturated carbocycles. The Kier molecular flexibility index (Phi) is 4.28. The third kappa shape index (κ3) is 3.59. The summed E-state index contributed by atoms with van der Waals surface area (Å²) in [6, 6.07) is 6.95. The number of nitrogen functional groups attached to an aromatic ring is 1. The van der Waals surface area contributed by atoms with Crippen molar-refractivity contribution < 1.29 is 18.3 Å². The molecule has 0 aliphatic carbocycles. The molecule has 2 rings (SSSR count). The molecule has 0 radical (unpaired) electrons. The van der Waals surface area contributed by atoms with Gasteiger partial charge in [0.15, 0.2) is 0 Å². The fourth-order valence-electron chi connectivity index (χ4n) is 1.96. The highest BCUT2D eigenvalue weighted by Crippen LogP contribution is 2.20. The number of aliphatic hydroxyl groups excluding tert-OH is 1. The van der Waals surface area contributed by atoms with Crippen LogP contribution in [0.2, 0.25) is 0 Å². The second-order valence-electron chi connectivity index (χ2n) is 4.50. The second kappa shape index (κ2) is 5.77. The summed E-state index contributed by atoms with van der Waals surface area (Å²) in [5.41, 5.74) is 6.18. The molecule has 19 heavy (non-hydrogen) atoms. The molecule has 1 fully saturated rings. The minimum atomic E-state index is -3.37. The number of para-hydroxylation sites is 2. The third-order valence-corrected chi connectivity index (χ3v) is 4.84. The molecule has 1 saturated heterocycles. The van der Waals surface area contributed by atoms with Gasteiger partial charge in [0, 0.05) is 13.1 Å². The number of anilines is 1. The molecule has 1 atom stereocenters. The molecule has 0 aromatic heterocycles. The van der Waals surface area contributed by atoms with E-state index in [2.05, 4.69) is 0 Å². The van der Waals surface area contributed by atoms with Crippen LogP contribution in [0.1, 0.15) is 6.42 Å². The summed E-state index contributed by atoms with van der Waals surface area (Å²) >= 11 is 0. The summed E-state index contributed by atoms with van der Waals surface area (Å²) in [4.78, 5) is 0. The van der Waals surface area contributed by atoms with E-state index in [0.29, 0.717) is 24.4 Å². The lowest BCUT2D eigenvalue weighted by atomic mass is 10.3. The average Bonchev–Trinajstić information content (AvgIpc) is 2.79. The molecule has 0 spiro atoms. The average molecular weight is 286 g/mol. The molecule has 7 heteroatoms. The third-order valence-electron chi connectivity index (χ3n) is 3.04. The van der Waals surface area contributed by atoms with Crippen LogP contribution in [0.5, 0.6) is 5.75 Å². The van der Waals surface area contributed by atoms with Crippen molar-refractivity contribution in [1.29, 1.82) is 0 Å². The number of nitrogens with zero attached hydrogens (tertiary/aromatic N) is 1. The highest BCUT2D eigenvalue weighted by atomic mass is 32.2. The maximum atomic E-state index is 12.0. The lowest BCUT2D eigenvalue weighted by molar-refractivity contribution is 0.189. The van der Waals surface area contributed by atoms with E-state index in [0.717, 1.165) is 0 Å². The van der Waals surface area contributed by atoms with Gasteiger partial charge < -0.3 is 15.6 Å². The van der Waals surface area contributed by atoms with E-state index in [9.17, 15) is 13.5 Å². The van der Waals surface area contributed by atoms with Crippen molar-refractivity contribution >= 4 is 15.7 Å². The molecule has 1 aromatic rings. The van der Waals surface area contributed by atoms with Crippen LogP contribution in [0.25, 0.3) is 0 Å². The van der Waals surface area contributed by atoms with Gasteiger partial charge in [0.1, 0.15) is 12.4 Å². The first-order valence-corrected chi connectivity index (χ1v) is 7.73. The van der Waals surface area contributed by atoms with Gasteiger partial charge in [-0.05, 0) is 18.6 Å². The summed E-state index contributed by atoms with van der Waals surface area (Å²) in [5.74, 6) is 0.368. The molecule has 1 aliphatic heterocycles. The Balaban J connectivity index is 1.87. The van der Waals surface area contributed by atoms with Crippen LogP contribution >= 0.6 is 0 Å². The SMILES string of the molecule is Nc1ccccc1OCCS(=O)(=O)N1CCC(O)C1. The normalized spacial score (nSPS) is 20.6. The molecule has 1 aliphatic rings. The quantitative estimate of drug-likeness (QED) is 0.746. The number of aliphatic hydroxyl groups is 1. The molecule has 1 heterocycles. The minimum absolute atomic E-state index is 0.0448. The van der Waals surface area contributed by atoms with E-state index >= 15 is 0 Å². The molecular weight excluding hydrogens is 268 g/mol. The Labute approximate surface area is 112 Å². The van der Waals surface area contributed by atoms with Gasteiger partial charge in [0.25, 0.3) is 0 Å². The predicted octanol–water partition coefficient (Wildman–Crippen LogP) is 0.0440. The molecule has 0 bridgehead atoms. The van der Waals surface area contributed by atoms with Crippen molar-refractivity contribution in [2.45, 2.75) is 12.5 Å². The second-order valence-corrected chi connectivity index (χ2v) is 6.59. The number of ether oxygens (including phenoxy) is 1. The number of hydrogen-bond acceptors (Lipinski definition) is 5. The van der Waals surface area contributed by atoms with E-state index in [-0.39, 0.29) is 18.9 Å². The van der Waals surface area contributed by atoms with Gasteiger partial charge in [0.05, 0.1) is 17.5 Å². The maximum Gasteiger partial charge on any atom is 0.217 e. The Morgan fingerprint density at radius 1 is 1.42 bits per heavy atom. The number of rotatable bonds is 5.